The summed E-state index contributed by atoms with van der Waals surface area (Å²) >= 11 is 1.83. The molecule has 0 spiro atoms. The van der Waals surface area contributed by atoms with Gasteiger partial charge < -0.3 is 10.6 Å². The third kappa shape index (κ3) is 4.05. The highest BCUT2D eigenvalue weighted by Gasteiger charge is 2.19. The first-order valence-corrected chi connectivity index (χ1v) is 7.08. The van der Waals surface area contributed by atoms with Crippen molar-refractivity contribution in [3.8, 4) is 0 Å². The van der Waals surface area contributed by atoms with Crippen LogP contribution in [-0.4, -0.2) is 46.3 Å². The summed E-state index contributed by atoms with van der Waals surface area (Å²) in [4.78, 5) is 11.8. The third-order valence-corrected chi connectivity index (χ3v) is 3.72. The lowest BCUT2D eigenvalue weighted by atomic mass is 10.3. The quantitative estimate of drug-likeness (QED) is 0.731. The summed E-state index contributed by atoms with van der Waals surface area (Å²) < 4.78 is 1.88. The number of aromatic nitrogens is 2. The van der Waals surface area contributed by atoms with Gasteiger partial charge in [-0.05, 0) is 12.5 Å². The summed E-state index contributed by atoms with van der Waals surface area (Å²) in [6.45, 7) is 2.48. The first-order chi connectivity index (χ1) is 8.36. The minimum absolute atomic E-state index is 0.0153. The molecule has 1 unspecified atom stereocenters. The van der Waals surface area contributed by atoms with E-state index in [0.29, 0.717) is 6.54 Å². The molecular formula is C11H18N4OS. The van der Waals surface area contributed by atoms with Gasteiger partial charge >= 0.3 is 0 Å². The number of rotatable bonds is 5. The second kappa shape index (κ2) is 6.66. The molecule has 0 bridgehead atoms. The Balaban J connectivity index is 1.59. The zero-order valence-corrected chi connectivity index (χ0v) is 10.6. The van der Waals surface area contributed by atoms with Crippen molar-refractivity contribution < 1.29 is 4.79 Å². The summed E-state index contributed by atoms with van der Waals surface area (Å²) in [6, 6.07) is 1.89. The Hall–Kier alpha value is -1.01. The van der Waals surface area contributed by atoms with Crippen molar-refractivity contribution in [2.24, 2.45) is 0 Å². The highest BCUT2D eigenvalue weighted by atomic mass is 32.2. The summed E-state index contributed by atoms with van der Waals surface area (Å²) in [5, 5.41) is 10.3. The third-order valence-electron chi connectivity index (χ3n) is 2.66. The lowest BCUT2D eigenvalue weighted by molar-refractivity contribution is -0.122. The van der Waals surface area contributed by atoms with Crippen LogP contribution in [0.4, 0.5) is 0 Å². The number of nitrogens with one attached hydrogen (secondary N) is 2. The van der Waals surface area contributed by atoms with Gasteiger partial charge in [0.25, 0.3) is 0 Å². The molecule has 1 saturated heterocycles. The maximum absolute atomic E-state index is 11.8. The number of carbonyl (C=O) groups excluding carboxylic acids is 1. The molecule has 1 aromatic heterocycles. The topological polar surface area (TPSA) is 59.0 Å². The van der Waals surface area contributed by atoms with Gasteiger partial charge in [-0.2, -0.15) is 16.9 Å². The van der Waals surface area contributed by atoms with Crippen molar-refractivity contribution in [3.05, 3.63) is 18.5 Å². The Morgan fingerprint density at radius 1 is 1.65 bits per heavy atom. The average Bonchev–Trinajstić information content (AvgIpc) is 2.88. The predicted molar refractivity (Wildman–Crippen MR) is 69.0 cm³/mol. The van der Waals surface area contributed by atoms with E-state index in [9.17, 15) is 4.79 Å². The molecule has 2 rings (SSSR count). The fourth-order valence-electron chi connectivity index (χ4n) is 1.74. The first-order valence-electron chi connectivity index (χ1n) is 5.92. The maximum Gasteiger partial charge on any atom is 0.237 e. The molecule has 0 saturated carbocycles. The van der Waals surface area contributed by atoms with E-state index in [4.69, 9.17) is 0 Å². The van der Waals surface area contributed by atoms with E-state index in [2.05, 4.69) is 15.7 Å². The Morgan fingerprint density at radius 3 is 3.29 bits per heavy atom. The zero-order valence-electron chi connectivity index (χ0n) is 9.76. The second-order valence-corrected chi connectivity index (χ2v) is 5.15. The summed E-state index contributed by atoms with van der Waals surface area (Å²) in [5.74, 6) is 2.10. The number of amides is 1. The molecule has 2 heterocycles. The van der Waals surface area contributed by atoms with Crippen molar-refractivity contribution >= 4 is 17.7 Å². The van der Waals surface area contributed by atoms with E-state index >= 15 is 0 Å². The largest absolute Gasteiger partial charge is 0.355 e. The molecule has 1 amide bonds. The molecule has 0 aliphatic carbocycles. The molecule has 2 N–H and O–H groups in total. The Morgan fingerprint density at radius 2 is 2.59 bits per heavy atom. The van der Waals surface area contributed by atoms with Crippen LogP contribution in [0.1, 0.15) is 6.42 Å². The lowest BCUT2D eigenvalue weighted by Gasteiger charge is -2.22. The second-order valence-electron chi connectivity index (χ2n) is 4.00. The smallest absolute Gasteiger partial charge is 0.237 e. The molecule has 17 heavy (non-hydrogen) atoms. The average molecular weight is 254 g/mol. The van der Waals surface area contributed by atoms with E-state index in [1.807, 2.05) is 28.7 Å². The van der Waals surface area contributed by atoms with Gasteiger partial charge in [-0.15, -0.1) is 0 Å². The number of aryl methyl sites for hydroxylation is 1. The summed E-state index contributed by atoms with van der Waals surface area (Å²) in [6.07, 6.45) is 4.61. The molecule has 1 fully saturated rings. The van der Waals surface area contributed by atoms with Gasteiger partial charge in [-0.3, -0.25) is 9.48 Å². The van der Waals surface area contributed by atoms with Gasteiger partial charge in [0.1, 0.15) is 0 Å². The van der Waals surface area contributed by atoms with Gasteiger partial charge in [0.2, 0.25) is 5.91 Å². The molecule has 1 aromatic rings. The highest BCUT2D eigenvalue weighted by molar-refractivity contribution is 7.99. The van der Waals surface area contributed by atoms with Gasteiger partial charge in [0.05, 0.1) is 6.04 Å². The van der Waals surface area contributed by atoms with Crippen molar-refractivity contribution in [2.75, 3.05) is 24.6 Å². The predicted octanol–water partition coefficient (Wildman–Crippen LogP) is 0.0944. The number of hydrogen-bond donors (Lipinski definition) is 2. The molecule has 1 aliphatic heterocycles. The van der Waals surface area contributed by atoms with Crippen molar-refractivity contribution in [1.29, 1.82) is 0 Å². The number of hydrogen-bond acceptors (Lipinski definition) is 4. The van der Waals surface area contributed by atoms with Crippen LogP contribution in [-0.2, 0) is 11.3 Å². The van der Waals surface area contributed by atoms with Crippen molar-refractivity contribution in [3.63, 3.8) is 0 Å². The Bertz CT molecular complexity index is 335. The first kappa shape index (κ1) is 12.4. The summed E-state index contributed by atoms with van der Waals surface area (Å²) in [7, 11) is 0. The van der Waals surface area contributed by atoms with Crippen LogP contribution < -0.4 is 10.6 Å². The van der Waals surface area contributed by atoms with Gasteiger partial charge in [-0.25, -0.2) is 0 Å². The van der Waals surface area contributed by atoms with Crippen LogP contribution >= 0.6 is 11.8 Å². The molecule has 94 valence electrons. The van der Waals surface area contributed by atoms with E-state index in [1.54, 1.807) is 6.20 Å². The molecule has 0 aromatic carbocycles. The van der Waals surface area contributed by atoms with Crippen LogP contribution in [0.5, 0.6) is 0 Å². The molecule has 1 aliphatic rings. The SMILES string of the molecule is O=C(NCCCn1cccn1)C1CSCCN1. The van der Waals surface area contributed by atoms with E-state index in [1.165, 1.54) is 0 Å². The Labute approximate surface area is 105 Å². The Kier molecular flexibility index (Phi) is 4.88. The van der Waals surface area contributed by atoms with Crippen LogP contribution in [0.25, 0.3) is 0 Å². The van der Waals surface area contributed by atoms with E-state index < -0.39 is 0 Å². The van der Waals surface area contributed by atoms with Crippen molar-refractivity contribution in [1.82, 2.24) is 20.4 Å². The number of thioether (sulfide) groups is 1. The molecule has 1 atom stereocenters. The standard InChI is InChI=1S/C11H18N4OS/c16-11(10-9-17-8-5-12-10)13-3-1-6-15-7-2-4-14-15/h2,4,7,10,12H,1,3,5-6,8-9H2,(H,13,16). The van der Waals surface area contributed by atoms with Gasteiger partial charge in [0.15, 0.2) is 0 Å². The van der Waals surface area contributed by atoms with Crippen LogP contribution in [0, 0.1) is 0 Å². The number of carbonyl (C=O) groups is 1. The summed E-state index contributed by atoms with van der Waals surface area (Å²) in [5.41, 5.74) is 0. The lowest BCUT2D eigenvalue weighted by Crippen LogP contribution is -2.49. The minimum atomic E-state index is -0.0153. The molecule has 6 heteroatoms. The highest BCUT2D eigenvalue weighted by Crippen LogP contribution is 2.07. The van der Waals surface area contributed by atoms with Crippen LogP contribution in [0.2, 0.25) is 0 Å². The van der Waals surface area contributed by atoms with E-state index in [0.717, 1.165) is 31.0 Å². The molecule has 0 radical (unpaired) electrons. The van der Waals surface area contributed by atoms with Gasteiger partial charge in [-0.1, -0.05) is 0 Å². The number of nitrogens with zero attached hydrogens (tertiary/aromatic N) is 2. The molecular weight excluding hydrogens is 236 g/mol. The zero-order chi connectivity index (χ0) is 11.9. The van der Waals surface area contributed by atoms with E-state index in [-0.39, 0.29) is 11.9 Å². The monoisotopic (exact) mass is 254 g/mol. The van der Waals surface area contributed by atoms with Crippen LogP contribution in [0.15, 0.2) is 18.5 Å². The fraction of sp³-hybridized carbons (Fsp3) is 0.636. The van der Waals surface area contributed by atoms with Gasteiger partial charge in [0, 0.05) is 43.5 Å². The van der Waals surface area contributed by atoms with Crippen molar-refractivity contribution in [2.45, 2.75) is 19.0 Å². The van der Waals surface area contributed by atoms with Crippen LogP contribution in [0.3, 0.4) is 0 Å². The fourth-order valence-corrected chi connectivity index (χ4v) is 2.68. The normalized spacial score (nSPS) is 20.1. The molecule has 5 nitrogen and oxygen atoms in total. The maximum atomic E-state index is 11.8. The minimum Gasteiger partial charge on any atom is -0.355 e.